The summed E-state index contributed by atoms with van der Waals surface area (Å²) < 4.78 is 10.6. The van der Waals surface area contributed by atoms with Gasteiger partial charge in [0, 0.05) is 43.2 Å². The summed E-state index contributed by atoms with van der Waals surface area (Å²) in [6, 6.07) is 4.92. The summed E-state index contributed by atoms with van der Waals surface area (Å²) in [6.07, 6.45) is 4.46. The molecule has 142 valence electrons. The fourth-order valence-corrected chi connectivity index (χ4v) is 2.56. The van der Waals surface area contributed by atoms with Crippen molar-refractivity contribution in [2.45, 2.75) is 13.3 Å². The second-order valence-electron chi connectivity index (χ2n) is 6.24. The normalized spacial score (nSPS) is 11.7. The predicted octanol–water partition coefficient (Wildman–Crippen LogP) is 2.58. The molecule has 0 fully saturated rings. The van der Waals surface area contributed by atoms with Crippen molar-refractivity contribution < 1.29 is 13.9 Å². The maximum absolute atomic E-state index is 12.5. The van der Waals surface area contributed by atoms with Crippen LogP contribution in [0.1, 0.15) is 11.1 Å². The van der Waals surface area contributed by atoms with E-state index in [0.717, 1.165) is 16.5 Å². The van der Waals surface area contributed by atoms with Crippen LogP contribution in [0.15, 0.2) is 63.6 Å². The van der Waals surface area contributed by atoms with Gasteiger partial charge in [-0.25, -0.2) is 9.59 Å². The van der Waals surface area contributed by atoms with E-state index in [4.69, 9.17) is 20.6 Å². The highest BCUT2D eigenvalue weighted by Gasteiger charge is 2.14. The van der Waals surface area contributed by atoms with Crippen molar-refractivity contribution in [3.63, 3.8) is 0 Å². The second-order valence-corrected chi connectivity index (χ2v) is 6.24. The van der Waals surface area contributed by atoms with Crippen molar-refractivity contribution in [2.75, 3.05) is 14.1 Å². The summed E-state index contributed by atoms with van der Waals surface area (Å²) in [5, 5.41) is 0.747. The lowest BCUT2D eigenvalue weighted by Crippen LogP contribution is -2.25. The zero-order valence-electron chi connectivity index (χ0n) is 15.6. The molecule has 0 spiro atoms. The van der Waals surface area contributed by atoms with Gasteiger partial charge in [0.1, 0.15) is 11.3 Å². The Morgan fingerprint density at radius 3 is 2.67 bits per heavy atom. The average molecular weight is 369 g/mol. The Bertz CT molecular complexity index is 1000. The molecule has 0 bridgehead atoms. The van der Waals surface area contributed by atoms with E-state index in [1.807, 2.05) is 6.92 Å². The van der Waals surface area contributed by atoms with Crippen molar-refractivity contribution in [3.8, 4) is 5.75 Å². The Hall–Kier alpha value is -3.48. The van der Waals surface area contributed by atoms with Gasteiger partial charge in [-0.15, -0.1) is 0 Å². The summed E-state index contributed by atoms with van der Waals surface area (Å²) in [5.74, 6) is 0.294. The number of carbonyl (C=O) groups is 1. The first-order valence-corrected chi connectivity index (χ1v) is 8.21. The Labute approximate surface area is 157 Å². The molecule has 1 aromatic heterocycles. The molecule has 0 saturated carbocycles. The molecular formula is C20H23N3O4. The third-order valence-electron chi connectivity index (χ3n) is 3.89. The smallest absolute Gasteiger partial charge is 0.414 e. The fourth-order valence-electron chi connectivity index (χ4n) is 2.56. The van der Waals surface area contributed by atoms with Crippen LogP contribution < -0.4 is 21.8 Å². The van der Waals surface area contributed by atoms with Gasteiger partial charge in [0.05, 0.1) is 0 Å². The minimum absolute atomic E-state index is 0.294. The van der Waals surface area contributed by atoms with Crippen LogP contribution in [0, 0.1) is 6.92 Å². The molecule has 2 aromatic rings. The zero-order chi connectivity index (χ0) is 20.1. The molecule has 0 aliphatic carbocycles. The molecule has 7 nitrogen and oxygen atoms in total. The van der Waals surface area contributed by atoms with E-state index in [1.54, 1.807) is 38.4 Å². The van der Waals surface area contributed by atoms with E-state index in [9.17, 15) is 9.59 Å². The molecule has 4 N–H and O–H groups in total. The second kappa shape index (κ2) is 8.27. The molecule has 0 aliphatic heterocycles. The number of rotatable bonds is 5. The monoisotopic (exact) mass is 369 g/mol. The van der Waals surface area contributed by atoms with Gasteiger partial charge in [-0.1, -0.05) is 6.58 Å². The van der Waals surface area contributed by atoms with Crippen LogP contribution in [-0.4, -0.2) is 25.1 Å². The Balaban J connectivity index is 2.48. The maximum Gasteiger partial charge on any atom is 0.414 e. The van der Waals surface area contributed by atoms with Crippen LogP contribution in [0.3, 0.4) is 0 Å². The molecule has 2 rings (SSSR count). The number of nitrogens with two attached hydrogens (primary N) is 2. The number of aryl methyl sites for hydroxylation is 1. The Morgan fingerprint density at radius 1 is 1.37 bits per heavy atom. The van der Waals surface area contributed by atoms with Crippen molar-refractivity contribution in [2.24, 2.45) is 11.5 Å². The molecule has 0 atom stereocenters. The number of ether oxygens (including phenoxy) is 1. The number of hydrogen-bond donors (Lipinski definition) is 2. The van der Waals surface area contributed by atoms with Crippen LogP contribution in [0.5, 0.6) is 5.75 Å². The minimum atomic E-state index is -0.518. The van der Waals surface area contributed by atoms with Crippen LogP contribution in [-0.2, 0) is 6.42 Å². The highest BCUT2D eigenvalue weighted by molar-refractivity contribution is 5.83. The summed E-state index contributed by atoms with van der Waals surface area (Å²) in [4.78, 5) is 25.5. The quantitative estimate of drug-likeness (QED) is 0.619. The van der Waals surface area contributed by atoms with Gasteiger partial charge in [-0.3, -0.25) is 0 Å². The first-order chi connectivity index (χ1) is 12.7. The minimum Gasteiger partial charge on any atom is -0.422 e. The molecular weight excluding hydrogens is 346 g/mol. The van der Waals surface area contributed by atoms with Crippen molar-refractivity contribution >= 4 is 17.1 Å². The number of fused-ring (bicyclic) bond motifs is 1. The number of amides is 1. The highest BCUT2D eigenvalue weighted by Crippen LogP contribution is 2.25. The van der Waals surface area contributed by atoms with E-state index in [2.05, 4.69) is 6.58 Å². The molecule has 1 amide bonds. The average Bonchev–Trinajstić information content (AvgIpc) is 2.57. The third kappa shape index (κ3) is 4.78. The molecule has 0 unspecified atom stereocenters. The lowest BCUT2D eigenvalue weighted by molar-refractivity contribution is 0.172. The van der Waals surface area contributed by atoms with Gasteiger partial charge in [0.2, 0.25) is 0 Å². The third-order valence-corrected chi connectivity index (χ3v) is 3.89. The first-order valence-electron chi connectivity index (χ1n) is 8.21. The van der Waals surface area contributed by atoms with Gasteiger partial charge < -0.3 is 25.5 Å². The molecule has 1 heterocycles. The highest BCUT2D eigenvalue weighted by atomic mass is 16.6. The van der Waals surface area contributed by atoms with Crippen LogP contribution in [0.4, 0.5) is 4.79 Å². The first kappa shape index (κ1) is 19.8. The van der Waals surface area contributed by atoms with E-state index < -0.39 is 11.7 Å². The topological polar surface area (TPSA) is 112 Å². The summed E-state index contributed by atoms with van der Waals surface area (Å²) >= 11 is 0. The molecule has 0 saturated heterocycles. The predicted molar refractivity (Wildman–Crippen MR) is 105 cm³/mol. The van der Waals surface area contributed by atoms with Gasteiger partial charge in [-0.2, -0.15) is 0 Å². The zero-order valence-corrected chi connectivity index (χ0v) is 15.6. The van der Waals surface area contributed by atoms with E-state index >= 15 is 0 Å². The summed E-state index contributed by atoms with van der Waals surface area (Å²) in [6.45, 7) is 5.47. The number of nitrogens with zero attached hydrogens (tertiary/aromatic N) is 1. The standard InChI is InChI=1S/C20H23N3O4/c1-12(22)9-14(7-8-21)10-17-13(2)16-6-5-15(26-20(25)23(3)4)11-18(16)27-19(17)24/h5-9,11H,1,10,21-22H2,2-4H3/b8-7-,14-9+. The molecule has 0 aliphatic rings. The number of allylic oxidation sites excluding steroid dienone is 3. The number of hydrogen-bond acceptors (Lipinski definition) is 6. The van der Waals surface area contributed by atoms with Gasteiger partial charge in [0.15, 0.2) is 0 Å². The summed E-state index contributed by atoms with van der Waals surface area (Å²) in [5.41, 5.74) is 13.3. The van der Waals surface area contributed by atoms with Crippen LogP contribution in [0.2, 0.25) is 0 Å². The fraction of sp³-hybridized carbons (Fsp3) is 0.200. The number of benzene rings is 1. The van der Waals surface area contributed by atoms with E-state index in [0.29, 0.717) is 29.0 Å². The lowest BCUT2D eigenvalue weighted by Gasteiger charge is -2.12. The summed E-state index contributed by atoms with van der Waals surface area (Å²) in [7, 11) is 3.16. The van der Waals surface area contributed by atoms with E-state index in [1.165, 1.54) is 17.2 Å². The largest absolute Gasteiger partial charge is 0.422 e. The molecule has 0 radical (unpaired) electrons. The van der Waals surface area contributed by atoms with Crippen molar-refractivity contribution in [1.29, 1.82) is 0 Å². The van der Waals surface area contributed by atoms with Crippen molar-refractivity contribution in [3.05, 3.63) is 75.9 Å². The van der Waals surface area contributed by atoms with Crippen molar-refractivity contribution in [1.82, 2.24) is 4.90 Å². The van der Waals surface area contributed by atoms with Gasteiger partial charge in [0.25, 0.3) is 0 Å². The van der Waals surface area contributed by atoms with Crippen LogP contribution >= 0.6 is 0 Å². The SMILES string of the molecule is C=C(N)/C=C(\C=C/N)Cc1c(C)c2ccc(OC(=O)N(C)C)cc2oc1=O. The number of carbonyl (C=O) groups excluding carboxylic acids is 1. The molecule has 1 aromatic carbocycles. The lowest BCUT2D eigenvalue weighted by atomic mass is 9.99. The van der Waals surface area contributed by atoms with E-state index in [-0.39, 0.29) is 0 Å². The molecule has 7 heteroatoms. The Morgan fingerprint density at radius 2 is 2.07 bits per heavy atom. The van der Waals surface area contributed by atoms with Gasteiger partial charge in [-0.05, 0) is 48.5 Å². The maximum atomic E-state index is 12.5. The van der Waals surface area contributed by atoms with Gasteiger partial charge >= 0.3 is 11.7 Å². The Kier molecular flexibility index (Phi) is 6.07. The van der Waals surface area contributed by atoms with Crippen LogP contribution in [0.25, 0.3) is 11.0 Å². The molecule has 27 heavy (non-hydrogen) atoms.